The van der Waals surface area contributed by atoms with Gasteiger partial charge in [-0.15, -0.1) is 0 Å². The van der Waals surface area contributed by atoms with Gasteiger partial charge in [0.2, 0.25) is 15.7 Å². The van der Waals surface area contributed by atoms with Crippen LogP contribution in [0.1, 0.15) is 11.1 Å². The van der Waals surface area contributed by atoms with E-state index >= 15 is 0 Å². The van der Waals surface area contributed by atoms with Gasteiger partial charge in [0.15, 0.2) is 0 Å². The van der Waals surface area contributed by atoms with Crippen molar-refractivity contribution in [2.24, 2.45) is 0 Å². The summed E-state index contributed by atoms with van der Waals surface area (Å²) in [5, 5.41) is 10.6. The highest BCUT2D eigenvalue weighted by Gasteiger charge is 2.24. The molecule has 2 heterocycles. The summed E-state index contributed by atoms with van der Waals surface area (Å²) < 4.78 is 33.3. The largest absolute Gasteiger partial charge is 0.437 e. The number of pyridine rings is 1. The molecule has 0 amide bonds. The fraction of sp³-hybridized carbons (Fsp3) is 0.0417. The van der Waals surface area contributed by atoms with Crippen molar-refractivity contribution in [1.82, 2.24) is 9.38 Å². The number of fused-ring (bicyclic) bond motifs is 1. The van der Waals surface area contributed by atoms with E-state index in [1.165, 1.54) is 53.1 Å². The quantitative estimate of drug-likeness (QED) is 0.281. The molecule has 0 unspecified atom stereocenters. The number of aromatic nitrogens is 2. The molecule has 7 nitrogen and oxygen atoms in total. The van der Waals surface area contributed by atoms with Gasteiger partial charge in [0, 0.05) is 16.2 Å². The number of sulfone groups is 1. The van der Waals surface area contributed by atoms with E-state index in [9.17, 15) is 18.5 Å². The molecule has 0 saturated heterocycles. The van der Waals surface area contributed by atoms with Crippen LogP contribution in [0.15, 0.2) is 75.4 Å². The van der Waals surface area contributed by atoms with Crippen LogP contribution in [0.3, 0.4) is 0 Å². The fourth-order valence-electron chi connectivity index (χ4n) is 3.20. The molecule has 0 atom stereocenters. The second kappa shape index (κ2) is 9.72. The normalized spacial score (nSPS) is 11.9. The van der Waals surface area contributed by atoms with Crippen molar-refractivity contribution in [3.8, 4) is 17.7 Å². The summed E-state index contributed by atoms with van der Waals surface area (Å²) in [4.78, 5) is 17.0. The summed E-state index contributed by atoms with van der Waals surface area (Å²) >= 11 is 18.0. The lowest BCUT2D eigenvalue weighted by Gasteiger charge is -2.12. The molecule has 4 rings (SSSR count). The maximum absolute atomic E-state index is 13.4. The van der Waals surface area contributed by atoms with Crippen molar-refractivity contribution in [2.75, 3.05) is 0 Å². The monoisotopic (exact) mass is 545 g/mol. The summed E-state index contributed by atoms with van der Waals surface area (Å²) in [5.74, 6) is -0.0952. The van der Waals surface area contributed by atoms with Gasteiger partial charge in [0.25, 0.3) is 5.56 Å². The molecule has 0 radical (unpaired) electrons. The smallest absolute Gasteiger partial charge is 0.269 e. The van der Waals surface area contributed by atoms with Crippen LogP contribution in [0.4, 0.5) is 0 Å². The van der Waals surface area contributed by atoms with E-state index in [-0.39, 0.29) is 32.8 Å². The second-order valence-electron chi connectivity index (χ2n) is 7.28. The molecule has 2 aromatic carbocycles. The zero-order valence-electron chi connectivity index (χ0n) is 17.9. The third kappa shape index (κ3) is 4.90. The summed E-state index contributed by atoms with van der Waals surface area (Å²) in [7, 11) is -4.28. The molecule has 176 valence electrons. The van der Waals surface area contributed by atoms with Crippen LogP contribution in [0.5, 0.6) is 11.6 Å². The Kier molecular flexibility index (Phi) is 6.88. The van der Waals surface area contributed by atoms with Crippen molar-refractivity contribution >= 4 is 56.4 Å². The number of halogens is 3. The average Bonchev–Trinajstić information content (AvgIpc) is 2.81. The van der Waals surface area contributed by atoms with E-state index in [4.69, 9.17) is 39.5 Å². The molecule has 0 saturated carbocycles. The van der Waals surface area contributed by atoms with Gasteiger partial charge in [-0.3, -0.25) is 9.20 Å². The van der Waals surface area contributed by atoms with E-state index < -0.39 is 20.3 Å². The Morgan fingerprint density at radius 1 is 1.09 bits per heavy atom. The third-order valence-corrected chi connectivity index (χ3v) is 7.41. The van der Waals surface area contributed by atoms with Gasteiger partial charge < -0.3 is 4.74 Å². The van der Waals surface area contributed by atoms with Crippen LogP contribution in [-0.4, -0.2) is 17.8 Å². The molecule has 0 aliphatic heterocycles. The molecular formula is C24H14Cl3N3O4S. The lowest BCUT2D eigenvalue weighted by molar-refractivity contribution is 0.461. The molecule has 0 spiro atoms. The molecule has 0 aliphatic rings. The van der Waals surface area contributed by atoms with Crippen molar-refractivity contribution < 1.29 is 13.2 Å². The van der Waals surface area contributed by atoms with Crippen molar-refractivity contribution in [3.63, 3.8) is 0 Å². The number of allylic oxidation sites excluding steroid dienone is 1. The number of aryl methyl sites for hydroxylation is 1. The highest BCUT2D eigenvalue weighted by atomic mass is 35.5. The van der Waals surface area contributed by atoms with Gasteiger partial charge in [-0.1, -0.05) is 40.9 Å². The van der Waals surface area contributed by atoms with Crippen LogP contribution >= 0.6 is 34.8 Å². The maximum atomic E-state index is 13.4. The molecule has 0 N–H and O–H groups in total. The minimum absolute atomic E-state index is 0.134. The predicted octanol–water partition coefficient (Wildman–Crippen LogP) is 6.09. The lowest BCUT2D eigenvalue weighted by atomic mass is 10.2. The van der Waals surface area contributed by atoms with Gasteiger partial charge in [0.1, 0.15) is 27.9 Å². The molecule has 11 heteroatoms. The van der Waals surface area contributed by atoms with E-state index in [2.05, 4.69) is 4.98 Å². The lowest BCUT2D eigenvalue weighted by Crippen LogP contribution is -2.20. The Morgan fingerprint density at radius 2 is 1.77 bits per heavy atom. The Bertz CT molecular complexity index is 1710. The van der Waals surface area contributed by atoms with Gasteiger partial charge >= 0.3 is 0 Å². The number of rotatable bonds is 5. The first-order chi connectivity index (χ1) is 16.6. The number of benzene rings is 2. The predicted molar refractivity (Wildman–Crippen MR) is 135 cm³/mol. The van der Waals surface area contributed by atoms with Crippen molar-refractivity contribution in [1.29, 1.82) is 5.26 Å². The third-order valence-electron chi connectivity index (χ3n) is 4.95. The van der Waals surface area contributed by atoms with Gasteiger partial charge in [-0.25, -0.2) is 8.42 Å². The standard InChI is InChI=1S/C24H14Cl3N3O4S/c1-14-3-2-10-30-22(14)29-23(34-21-9-6-16(26)11-20(21)27)19(24(30)31)12-18(13-28)35(32,33)17-7-4-15(25)5-8-17/h2-12H,1H3. The minimum atomic E-state index is -4.28. The average molecular weight is 547 g/mol. The van der Waals surface area contributed by atoms with Crippen LogP contribution in [0.25, 0.3) is 11.7 Å². The fourth-order valence-corrected chi connectivity index (χ4v) is 4.91. The molecule has 0 aliphatic carbocycles. The first kappa shape index (κ1) is 24.8. The zero-order chi connectivity index (χ0) is 25.3. The zero-order valence-corrected chi connectivity index (χ0v) is 21.0. The number of nitrogens with zero attached hydrogens (tertiary/aromatic N) is 3. The van der Waals surface area contributed by atoms with Crippen molar-refractivity contribution in [3.05, 3.63) is 102 Å². The molecule has 2 aromatic heterocycles. The SMILES string of the molecule is Cc1cccn2c(=O)c(C=C(C#N)S(=O)(=O)c3ccc(Cl)cc3)c(Oc3ccc(Cl)cc3Cl)nc12. The minimum Gasteiger partial charge on any atom is -0.437 e. The summed E-state index contributed by atoms with van der Waals surface area (Å²) in [6, 6.07) is 14.8. The molecular weight excluding hydrogens is 533 g/mol. The first-order valence-corrected chi connectivity index (χ1v) is 12.5. The van der Waals surface area contributed by atoms with Crippen LogP contribution in [0, 0.1) is 18.3 Å². The maximum Gasteiger partial charge on any atom is 0.269 e. The Morgan fingerprint density at radius 3 is 2.43 bits per heavy atom. The Hall–Kier alpha value is -3.35. The first-order valence-electron chi connectivity index (χ1n) is 9.89. The molecule has 4 aromatic rings. The number of hydrogen-bond acceptors (Lipinski definition) is 6. The van der Waals surface area contributed by atoms with Gasteiger partial charge in [-0.2, -0.15) is 10.2 Å². The highest BCUT2D eigenvalue weighted by Crippen LogP contribution is 2.33. The summed E-state index contributed by atoms with van der Waals surface area (Å²) in [6.45, 7) is 1.75. The van der Waals surface area contributed by atoms with Crippen molar-refractivity contribution in [2.45, 2.75) is 11.8 Å². The van der Waals surface area contributed by atoms with Gasteiger partial charge in [-0.05, 0) is 67.1 Å². The molecule has 0 bridgehead atoms. The second-order valence-corrected chi connectivity index (χ2v) is 10.5. The topological polar surface area (TPSA) is 102 Å². The number of hydrogen-bond donors (Lipinski definition) is 0. The summed E-state index contributed by atoms with van der Waals surface area (Å²) in [6.07, 6.45) is 2.42. The number of ether oxygens (including phenoxy) is 1. The summed E-state index contributed by atoms with van der Waals surface area (Å²) in [5.41, 5.74) is 0.0568. The van der Waals surface area contributed by atoms with E-state index in [1.807, 2.05) is 0 Å². The van der Waals surface area contributed by atoms with Gasteiger partial charge in [0.05, 0.1) is 9.92 Å². The Balaban J connectivity index is 1.97. The highest BCUT2D eigenvalue weighted by molar-refractivity contribution is 7.95. The van der Waals surface area contributed by atoms with E-state index in [1.54, 1.807) is 25.1 Å². The molecule has 0 fully saturated rings. The molecule has 35 heavy (non-hydrogen) atoms. The van der Waals surface area contributed by atoms with Crippen LogP contribution < -0.4 is 10.3 Å². The van der Waals surface area contributed by atoms with Crippen LogP contribution in [-0.2, 0) is 9.84 Å². The number of nitriles is 1. The van der Waals surface area contributed by atoms with E-state index in [0.29, 0.717) is 15.6 Å². The Labute approximate surface area is 215 Å². The van der Waals surface area contributed by atoms with E-state index in [0.717, 1.165) is 6.08 Å². The van der Waals surface area contributed by atoms with Crippen LogP contribution in [0.2, 0.25) is 15.1 Å².